The third kappa shape index (κ3) is 5.45. The molecule has 8 heteroatoms. The van der Waals surface area contributed by atoms with Gasteiger partial charge in [0, 0.05) is 17.1 Å². The first kappa shape index (κ1) is 19.7. The molecule has 0 unspecified atom stereocenters. The maximum absolute atomic E-state index is 13.0. The molecule has 2 aromatic carbocycles. The summed E-state index contributed by atoms with van der Waals surface area (Å²) in [5.41, 5.74) is -0.392. The van der Waals surface area contributed by atoms with E-state index >= 15 is 0 Å². The van der Waals surface area contributed by atoms with Gasteiger partial charge < -0.3 is 10.6 Å². The highest BCUT2D eigenvalue weighted by Gasteiger charge is 2.33. The molecule has 136 valence electrons. The first-order valence-corrected chi connectivity index (χ1v) is 8.18. The number of carbonyl (C=O) groups excluding carboxylic acids is 2. The largest absolute Gasteiger partial charge is 0.417 e. The molecule has 26 heavy (non-hydrogen) atoms. The van der Waals surface area contributed by atoms with Crippen LogP contribution in [0.5, 0.6) is 0 Å². The molecule has 0 saturated heterocycles. The van der Waals surface area contributed by atoms with E-state index < -0.39 is 23.6 Å². The van der Waals surface area contributed by atoms with Gasteiger partial charge in [-0.3, -0.25) is 9.59 Å². The third-order valence-corrected chi connectivity index (χ3v) is 3.89. The Bertz CT molecular complexity index is 849. The van der Waals surface area contributed by atoms with Crippen molar-refractivity contribution in [1.29, 1.82) is 0 Å². The molecule has 4 nitrogen and oxygen atoms in total. The van der Waals surface area contributed by atoms with Gasteiger partial charge in [0.1, 0.15) is 5.70 Å². The van der Waals surface area contributed by atoms with E-state index in [0.717, 1.165) is 6.07 Å². The standard InChI is InChI=1S/C18H14BrF3N2O2/c1-11(25)23-16(9-12-5-3-2-4-6-12)17(26)24-13-7-8-15(19)14(10-13)18(20,21)22/h2-10H,1H3,(H,23,25)(H,24,26)/b16-9+. The van der Waals surface area contributed by atoms with E-state index in [-0.39, 0.29) is 15.9 Å². The van der Waals surface area contributed by atoms with Crippen LogP contribution in [0.4, 0.5) is 18.9 Å². The summed E-state index contributed by atoms with van der Waals surface area (Å²) in [7, 11) is 0. The quantitative estimate of drug-likeness (QED) is 0.702. The molecule has 0 aliphatic heterocycles. The van der Waals surface area contributed by atoms with Crippen LogP contribution < -0.4 is 10.6 Å². The second kappa shape index (κ2) is 8.18. The lowest BCUT2D eigenvalue weighted by molar-refractivity contribution is -0.138. The van der Waals surface area contributed by atoms with Gasteiger partial charge in [-0.2, -0.15) is 13.2 Å². The minimum absolute atomic E-state index is 0.0464. The number of hydrogen-bond acceptors (Lipinski definition) is 2. The molecule has 0 aliphatic rings. The summed E-state index contributed by atoms with van der Waals surface area (Å²) in [6, 6.07) is 12.1. The van der Waals surface area contributed by atoms with E-state index in [1.54, 1.807) is 30.3 Å². The van der Waals surface area contributed by atoms with Crippen molar-refractivity contribution < 1.29 is 22.8 Å². The Hall–Kier alpha value is -2.61. The number of carbonyl (C=O) groups is 2. The molecule has 0 atom stereocenters. The number of alkyl halides is 3. The highest BCUT2D eigenvalue weighted by molar-refractivity contribution is 9.10. The molecule has 2 aromatic rings. The average Bonchev–Trinajstić information content (AvgIpc) is 2.55. The molecule has 0 radical (unpaired) electrons. The zero-order valence-corrected chi connectivity index (χ0v) is 15.1. The fraction of sp³-hybridized carbons (Fsp3) is 0.111. The highest BCUT2D eigenvalue weighted by atomic mass is 79.9. The van der Waals surface area contributed by atoms with Crippen molar-refractivity contribution in [1.82, 2.24) is 5.32 Å². The van der Waals surface area contributed by atoms with Crippen LogP contribution in [0.25, 0.3) is 6.08 Å². The zero-order valence-electron chi connectivity index (χ0n) is 13.5. The molecular weight excluding hydrogens is 413 g/mol. The van der Waals surface area contributed by atoms with Crippen LogP contribution in [0, 0.1) is 0 Å². The lowest BCUT2D eigenvalue weighted by Crippen LogP contribution is -2.29. The molecule has 0 heterocycles. The lowest BCUT2D eigenvalue weighted by atomic mass is 10.1. The Morgan fingerprint density at radius 2 is 1.73 bits per heavy atom. The maximum atomic E-state index is 13.0. The fourth-order valence-corrected chi connectivity index (χ4v) is 2.55. The summed E-state index contributed by atoms with van der Waals surface area (Å²) in [6.07, 6.45) is -3.14. The molecule has 0 saturated carbocycles. The van der Waals surface area contributed by atoms with Crippen LogP contribution in [0.3, 0.4) is 0 Å². The number of halogens is 4. The summed E-state index contributed by atoms with van der Waals surface area (Å²) in [5.74, 6) is -1.21. The van der Waals surface area contributed by atoms with Gasteiger partial charge in [0.25, 0.3) is 5.91 Å². The average molecular weight is 427 g/mol. The van der Waals surface area contributed by atoms with E-state index in [9.17, 15) is 22.8 Å². The van der Waals surface area contributed by atoms with Gasteiger partial charge in [-0.05, 0) is 29.8 Å². The van der Waals surface area contributed by atoms with Crippen LogP contribution >= 0.6 is 15.9 Å². The topological polar surface area (TPSA) is 58.2 Å². The Labute approximate surface area is 156 Å². The smallest absolute Gasteiger partial charge is 0.322 e. The van der Waals surface area contributed by atoms with Crippen LogP contribution in [0.1, 0.15) is 18.1 Å². The van der Waals surface area contributed by atoms with Crippen molar-refractivity contribution in [2.45, 2.75) is 13.1 Å². The molecule has 2 N–H and O–H groups in total. The van der Waals surface area contributed by atoms with Crippen LogP contribution in [-0.2, 0) is 15.8 Å². The van der Waals surface area contributed by atoms with Gasteiger partial charge in [0.15, 0.2) is 0 Å². The minimum Gasteiger partial charge on any atom is -0.322 e. The molecular formula is C18H14BrF3N2O2. The molecule has 0 fully saturated rings. The van der Waals surface area contributed by atoms with Crippen molar-refractivity contribution >= 4 is 39.5 Å². The summed E-state index contributed by atoms with van der Waals surface area (Å²) < 4.78 is 38.8. The van der Waals surface area contributed by atoms with Gasteiger partial charge in [-0.1, -0.05) is 46.3 Å². The van der Waals surface area contributed by atoms with Crippen molar-refractivity contribution in [3.63, 3.8) is 0 Å². The number of rotatable bonds is 4. The fourth-order valence-electron chi connectivity index (χ4n) is 2.08. The molecule has 0 bridgehead atoms. The van der Waals surface area contributed by atoms with E-state index in [4.69, 9.17) is 0 Å². The maximum Gasteiger partial charge on any atom is 0.417 e. The Morgan fingerprint density at radius 1 is 1.08 bits per heavy atom. The summed E-state index contributed by atoms with van der Waals surface area (Å²) in [6.45, 7) is 1.23. The molecule has 0 aromatic heterocycles. The van der Waals surface area contributed by atoms with Crippen LogP contribution in [0.15, 0.2) is 58.7 Å². The molecule has 0 aliphatic carbocycles. The molecule has 2 amide bonds. The number of amides is 2. The minimum atomic E-state index is -4.57. The number of anilines is 1. The normalized spacial score (nSPS) is 11.8. The second-order valence-corrected chi connectivity index (χ2v) is 6.15. The Morgan fingerprint density at radius 3 is 2.31 bits per heavy atom. The lowest BCUT2D eigenvalue weighted by Gasteiger charge is -2.13. The van der Waals surface area contributed by atoms with E-state index in [0.29, 0.717) is 5.56 Å². The second-order valence-electron chi connectivity index (χ2n) is 5.30. The highest BCUT2D eigenvalue weighted by Crippen LogP contribution is 2.36. The number of benzene rings is 2. The summed E-state index contributed by atoms with van der Waals surface area (Å²) in [5, 5.41) is 4.75. The third-order valence-electron chi connectivity index (χ3n) is 3.20. The van der Waals surface area contributed by atoms with Crippen LogP contribution in [-0.4, -0.2) is 11.8 Å². The van der Waals surface area contributed by atoms with Gasteiger partial charge in [-0.15, -0.1) is 0 Å². The predicted octanol–water partition coefficient (Wildman–Crippen LogP) is 4.58. The van der Waals surface area contributed by atoms with Crippen LogP contribution in [0.2, 0.25) is 0 Å². The van der Waals surface area contributed by atoms with Crippen molar-refractivity contribution in [2.24, 2.45) is 0 Å². The number of hydrogen-bond donors (Lipinski definition) is 2. The first-order chi connectivity index (χ1) is 12.2. The molecule has 2 rings (SSSR count). The van der Waals surface area contributed by atoms with Gasteiger partial charge in [0.05, 0.1) is 5.56 Å². The van der Waals surface area contributed by atoms with Gasteiger partial charge >= 0.3 is 6.18 Å². The Kier molecular flexibility index (Phi) is 6.20. The Balaban J connectivity index is 2.30. The van der Waals surface area contributed by atoms with Gasteiger partial charge in [0.2, 0.25) is 5.91 Å². The van der Waals surface area contributed by atoms with Crippen molar-refractivity contribution in [3.05, 3.63) is 69.8 Å². The van der Waals surface area contributed by atoms with Crippen molar-refractivity contribution in [3.8, 4) is 0 Å². The summed E-state index contributed by atoms with van der Waals surface area (Å²) >= 11 is 2.84. The zero-order chi connectivity index (χ0) is 19.3. The monoisotopic (exact) mass is 426 g/mol. The van der Waals surface area contributed by atoms with E-state index in [2.05, 4.69) is 26.6 Å². The molecule has 0 spiro atoms. The first-order valence-electron chi connectivity index (χ1n) is 7.39. The van der Waals surface area contributed by atoms with E-state index in [1.165, 1.54) is 25.1 Å². The predicted molar refractivity (Wildman–Crippen MR) is 96.0 cm³/mol. The van der Waals surface area contributed by atoms with Crippen molar-refractivity contribution in [2.75, 3.05) is 5.32 Å². The number of nitrogens with one attached hydrogen (secondary N) is 2. The SMILES string of the molecule is CC(=O)N/C(=C/c1ccccc1)C(=O)Nc1ccc(Br)c(C(F)(F)F)c1. The van der Waals surface area contributed by atoms with Gasteiger partial charge in [-0.25, -0.2) is 0 Å². The van der Waals surface area contributed by atoms with E-state index in [1.807, 2.05) is 0 Å². The summed E-state index contributed by atoms with van der Waals surface area (Å²) in [4.78, 5) is 23.8.